The number of benzene rings is 1. The zero-order chi connectivity index (χ0) is 16.3. The summed E-state index contributed by atoms with van der Waals surface area (Å²) in [6, 6.07) is 7.32. The molecule has 2 N–H and O–H groups in total. The Morgan fingerprint density at radius 1 is 1.23 bits per heavy atom. The molecule has 0 spiro atoms. The Hall–Kier alpha value is -2.04. The smallest absolute Gasteiger partial charge is 0.318 e. The molecule has 2 rings (SSSR count). The standard InChI is InChI=1S/C17H25N3O2/c1-5-18-16(22)20-11-13-9-7-6-8-12(13)10-14(20)15(21)19-17(2,3)4/h6-9,14H,5,10-11H2,1-4H3,(H,18,22)(H,19,21)/t14-/m1/s1. The maximum atomic E-state index is 12.6. The lowest BCUT2D eigenvalue weighted by molar-refractivity contribution is -0.127. The summed E-state index contributed by atoms with van der Waals surface area (Å²) in [7, 11) is 0. The van der Waals surface area contributed by atoms with Crippen molar-refractivity contribution in [3.63, 3.8) is 0 Å². The summed E-state index contributed by atoms with van der Waals surface area (Å²) >= 11 is 0. The molecule has 0 bridgehead atoms. The van der Waals surface area contributed by atoms with Gasteiger partial charge >= 0.3 is 6.03 Å². The second-order valence-corrected chi connectivity index (χ2v) is 6.69. The topological polar surface area (TPSA) is 61.4 Å². The zero-order valence-corrected chi connectivity index (χ0v) is 13.8. The number of carbonyl (C=O) groups is 2. The predicted molar refractivity (Wildman–Crippen MR) is 86.4 cm³/mol. The van der Waals surface area contributed by atoms with Gasteiger partial charge in [0.25, 0.3) is 0 Å². The third kappa shape index (κ3) is 3.78. The number of hydrogen-bond acceptors (Lipinski definition) is 2. The van der Waals surface area contributed by atoms with Crippen LogP contribution in [0.3, 0.4) is 0 Å². The minimum absolute atomic E-state index is 0.103. The first-order chi connectivity index (χ1) is 10.3. The van der Waals surface area contributed by atoms with E-state index in [4.69, 9.17) is 0 Å². The van der Waals surface area contributed by atoms with Gasteiger partial charge in [0.15, 0.2) is 0 Å². The molecule has 1 aliphatic rings. The molecule has 0 radical (unpaired) electrons. The van der Waals surface area contributed by atoms with Crippen molar-refractivity contribution in [3.8, 4) is 0 Å². The number of carbonyl (C=O) groups excluding carboxylic acids is 2. The number of nitrogens with one attached hydrogen (secondary N) is 2. The van der Waals surface area contributed by atoms with Crippen LogP contribution in [-0.4, -0.2) is 35.0 Å². The Kier molecular flexibility index (Phi) is 4.74. The first-order valence-electron chi connectivity index (χ1n) is 7.75. The van der Waals surface area contributed by atoms with Gasteiger partial charge in [-0.25, -0.2) is 4.79 Å². The van der Waals surface area contributed by atoms with Crippen molar-refractivity contribution >= 4 is 11.9 Å². The van der Waals surface area contributed by atoms with Crippen LogP contribution in [-0.2, 0) is 17.8 Å². The van der Waals surface area contributed by atoms with Crippen molar-refractivity contribution in [1.29, 1.82) is 0 Å². The summed E-state index contributed by atoms with van der Waals surface area (Å²) in [5.41, 5.74) is 1.92. The Morgan fingerprint density at radius 2 is 1.86 bits per heavy atom. The van der Waals surface area contributed by atoms with Gasteiger partial charge in [0.1, 0.15) is 6.04 Å². The lowest BCUT2D eigenvalue weighted by Crippen LogP contribution is -2.57. The molecule has 0 saturated heterocycles. The van der Waals surface area contributed by atoms with Crippen LogP contribution in [0.2, 0.25) is 0 Å². The summed E-state index contributed by atoms with van der Waals surface area (Å²) in [6.45, 7) is 8.71. The molecule has 5 heteroatoms. The predicted octanol–water partition coefficient (Wildman–Crippen LogP) is 2.06. The molecule has 1 aromatic rings. The molecule has 0 aliphatic carbocycles. The van der Waals surface area contributed by atoms with Gasteiger partial charge in [0, 0.05) is 25.0 Å². The van der Waals surface area contributed by atoms with Gasteiger partial charge in [-0.2, -0.15) is 0 Å². The zero-order valence-electron chi connectivity index (χ0n) is 13.8. The molecule has 120 valence electrons. The molecule has 5 nitrogen and oxygen atoms in total. The second-order valence-electron chi connectivity index (χ2n) is 6.69. The SMILES string of the molecule is CCNC(=O)N1Cc2ccccc2C[C@@H]1C(=O)NC(C)(C)C. The van der Waals surface area contributed by atoms with Crippen molar-refractivity contribution in [2.75, 3.05) is 6.54 Å². The van der Waals surface area contributed by atoms with E-state index in [1.807, 2.05) is 52.0 Å². The molecular weight excluding hydrogens is 278 g/mol. The molecule has 1 heterocycles. The largest absolute Gasteiger partial charge is 0.350 e. The minimum Gasteiger partial charge on any atom is -0.350 e. The first-order valence-corrected chi connectivity index (χ1v) is 7.75. The van der Waals surface area contributed by atoms with E-state index in [0.29, 0.717) is 19.5 Å². The van der Waals surface area contributed by atoms with Gasteiger partial charge in [-0.15, -0.1) is 0 Å². The van der Waals surface area contributed by atoms with E-state index in [1.165, 1.54) is 0 Å². The quantitative estimate of drug-likeness (QED) is 0.878. The summed E-state index contributed by atoms with van der Waals surface area (Å²) in [6.07, 6.45) is 0.551. The van der Waals surface area contributed by atoms with E-state index < -0.39 is 6.04 Å². The summed E-state index contributed by atoms with van der Waals surface area (Å²) in [4.78, 5) is 26.6. The molecule has 0 fully saturated rings. The first kappa shape index (κ1) is 16.3. The van der Waals surface area contributed by atoms with Crippen molar-refractivity contribution in [1.82, 2.24) is 15.5 Å². The van der Waals surface area contributed by atoms with E-state index in [9.17, 15) is 9.59 Å². The Balaban J connectivity index is 2.27. The van der Waals surface area contributed by atoms with Gasteiger partial charge in [-0.05, 0) is 38.8 Å². The lowest BCUT2D eigenvalue weighted by Gasteiger charge is -2.37. The maximum Gasteiger partial charge on any atom is 0.318 e. The van der Waals surface area contributed by atoms with E-state index >= 15 is 0 Å². The molecule has 0 aromatic heterocycles. The number of hydrogen-bond donors (Lipinski definition) is 2. The van der Waals surface area contributed by atoms with Crippen LogP contribution in [0.5, 0.6) is 0 Å². The Morgan fingerprint density at radius 3 is 2.45 bits per heavy atom. The lowest BCUT2D eigenvalue weighted by atomic mass is 9.93. The minimum atomic E-state index is -0.472. The van der Waals surface area contributed by atoms with Crippen molar-refractivity contribution in [2.24, 2.45) is 0 Å². The van der Waals surface area contributed by atoms with Gasteiger partial charge in [-0.1, -0.05) is 24.3 Å². The number of urea groups is 1. The fraction of sp³-hybridized carbons (Fsp3) is 0.529. The molecular formula is C17H25N3O2. The van der Waals surface area contributed by atoms with E-state index in [1.54, 1.807) is 4.90 Å². The van der Waals surface area contributed by atoms with Gasteiger partial charge in [0.05, 0.1) is 0 Å². The molecule has 0 saturated carbocycles. The number of fused-ring (bicyclic) bond motifs is 1. The second kappa shape index (κ2) is 6.38. The summed E-state index contributed by atoms with van der Waals surface area (Å²) in [5.74, 6) is -0.103. The van der Waals surface area contributed by atoms with Gasteiger partial charge in [0.2, 0.25) is 5.91 Å². The number of rotatable bonds is 2. The fourth-order valence-electron chi connectivity index (χ4n) is 2.68. The fourth-order valence-corrected chi connectivity index (χ4v) is 2.68. The summed E-state index contributed by atoms with van der Waals surface area (Å²) < 4.78 is 0. The normalized spacial score (nSPS) is 17.6. The van der Waals surface area contributed by atoms with E-state index in [-0.39, 0.29) is 17.5 Å². The van der Waals surface area contributed by atoms with Crippen LogP contribution >= 0.6 is 0 Å². The average molecular weight is 303 g/mol. The van der Waals surface area contributed by atoms with Crippen molar-refractivity contribution in [2.45, 2.75) is 52.2 Å². The highest BCUT2D eigenvalue weighted by molar-refractivity contribution is 5.88. The third-order valence-electron chi connectivity index (χ3n) is 3.64. The summed E-state index contributed by atoms with van der Waals surface area (Å²) in [5, 5.41) is 5.79. The Labute approximate surface area is 132 Å². The monoisotopic (exact) mass is 303 g/mol. The van der Waals surface area contributed by atoms with Crippen LogP contribution in [0.1, 0.15) is 38.8 Å². The number of amides is 3. The highest BCUT2D eigenvalue weighted by Crippen LogP contribution is 2.24. The van der Waals surface area contributed by atoms with Crippen LogP contribution < -0.4 is 10.6 Å². The molecule has 1 aliphatic heterocycles. The van der Waals surface area contributed by atoms with Crippen molar-refractivity contribution in [3.05, 3.63) is 35.4 Å². The van der Waals surface area contributed by atoms with Crippen LogP contribution in [0.25, 0.3) is 0 Å². The highest BCUT2D eigenvalue weighted by atomic mass is 16.2. The number of nitrogens with zero attached hydrogens (tertiary/aromatic N) is 1. The van der Waals surface area contributed by atoms with Gasteiger partial charge in [-0.3, -0.25) is 4.79 Å². The van der Waals surface area contributed by atoms with Crippen LogP contribution in [0, 0.1) is 0 Å². The molecule has 1 atom stereocenters. The van der Waals surface area contributed by atoms with Crippen molar-refractivity contribution < 1.29 is 9.59 Å². The average Bonchev–Trinajstić information content (AvgIpc) is 2.44. The van der Waals surface area contributed by atoms with E-state index in [0.717, 1.165) is 11.1 Å². The van der Waals surface area contributed by atoms with Crippen LogP contribution in [0.4, 0.5) is 4.79 Å². The maximum absolute atomic E-state index is 12.6. The van der Waals surface area contributed by atoms with Crippen LogP contribution in [0.15, 0.2) is 24.3 Å². The highest BCUT2D eigenvalue weighted by Gasteiger charge is 2.35. The van der Waals surface area contributed by atoms with Gasteiger partial charge < -0.3 is 15.5 Å². The molecule has 3 amide bonds. The van der Waals surface area contributed by atoms with E-state index in [2.05, 4.69) is 10.6 Å². The third-order valence-corrected chi connectivity index (χ3v) is 3.64. The molecule has 0 unspecified atom stereocenters. The Bertz CT molecular complexity index is 563. The molecule has 1 aromatic carbocycles. The molecule has 22 heavy (non-hydrogen) atoms.